The summed E-state index contributed by atoms with van der Waals surface area (Å²) in [7, 11) is 0. The normalized spacial score (nSPS) is 20.9. The number of H-pyrrole nitrogens is 1. The molecule has 0 radical (unpaired) electrons. The van der Waals surface area contributed by atoms with Crippen LogP contribution in [0.5, 0.6) is 0 Å². The molecule has 1 aliphatic carbocycles. The second kappa shape index (κ2) is 7.12. The molecule has 2 fully saturated rings. The Morgan fingerprint density at radius 2 is 1.91 bits per heavy atom. The van der Waals surface area contributed by atoms with E-state index in [0.29, 0.717) is 6.04 Å². The topological polar surface area (TPSA) is 46.5 Å². The second-order valence-corrected chi connectivity index (χ2v) is 6.91. The van der Waals surface area contributed by atoms with Gasteiger partial charge in [0.15, 0.2) is 0 Å². The smallest absolute Gasteiger partial charge is 0.287 e. The van der Waals surface area contributed by atoms with E-state index in [9.17, 15) is 4.79 Å². The van der Waals surface area contributed by atoms with Crippen molar-refractivity contribution in [3.63, 3.8) is 0 Å². The van der Waals surface area contributed by atoms with Gasteiger partial charge in [-0.3, -0.25) is 9.69 Å². The van der Waals surface area contributed by atoms with Crippen molar-refractivity contribution in [2.45, 2.75) is 57.9 Å². The molecule has 0 atom stereocenters. The highest BCUT2D eigenvalue weighted by atomic mass is 16.1. The molecule has 4 nitrogen and oxygen atoms in total. The summed E-state index contributed by atoms with van der Waals surface area (Å²) in [5.41, 5.74) is 0.794. The molecular formula is C18H28N3O+. The van der Waals surface area contributed by atoms with Crippen LogP contribution < -0.4 is 15.2 Å². The van der Waals surface area contributed by atoms with Gasteiger partial charge in [-0.05, 0) is 43.7 Å². The summed E-state index contributed by atoms with van der Waals surface area (Å²) >= 11 is 0. The van der Waals surface area contributed by atoms with E-state index < -0.39 is 0 Å². The van der Waals surface area contributed by atoms with Gasteiger partial charge in [-0.25, -0.2) is 4.98 Å². The lowest BCUT2D eigenvalue weighted by molar-refractivity contribution is -0.364. The van der Waals surface area contributed by atoms with E-state index >= 15 is 0 Å². The maximum atomic E-state index is 12.7. The molecule has 4 heteroatoms. The fourth-order valence-electron chi connectivity index (χ4n) is 3.62. The highest BCUT2D eigenvalue weighted by molar-refractivity contribution is 5.98. The molecule has 0 unspecified atom stereocenters. The van der Waals surface area contributed by atoms with E-state index in [1.165, 1.54) is 32.1 Å². The van der Waals surface area contributed by atoms with E-state index in [2.05, 4.69) is 22.1 Å². The van der Waals surface area contributed by atoms with Gasteiger partial charge in [-0.2, -0.15) is 0 Å². The standard InChI is InChI=1S/C18H27N3O/c1-14-9-12-21(13-10-14)17-16(8-5-11-19-17)18(22)20-15-6-3-2-4-7-15/h5,8,11,14-15H,2-4,6-7,9-10,12-13H2,1H3,(H,20,22)/p+1. The van der Waals surface area contributed by atoms with Crippen molar-refractivity contribution in [3.05, 3.63) is 23.9 Å². The Bertz CT molecular complexity index is 503. The molecule has 0 spiro atoms. The molecule has 1 aromatic heterocycles. The van der Waals surface area contributed by atoms with Crippen molar-refractivity contribution in [2.75, 3.05) is 18.0 Å². The highest BCUT2D eigenvalue weighted by Crippen LogP contribution is 2.23. The van der Waals surface area contributed by atoms with Crippen molar-refractivity contribution in [3.8, 4) is 0 Å². The number of amides is 1. The molecule has 22 heavy (non-hydrogen) atoms. The lowest BCUT2D eigenvalue weighted by Crippen LogP contribution is -2.41. The van der Waals surface area contributed by atoms with Gasteiger partial charge in [0.1, 0.15) is 5.56 Å². The van der Waals surface area contributed by atoms with Crippen LogP contribution in [-0.4, -0.2) is 25.0 Å². The molecule has 1 saturated carbocycles. The zero-order chi connectivity index (χ0) is 15.4. The number of anilines is 1. The average molecular weight is 302 g/mol. The summed E-state index contributed by atoms with van der Waals surface area (Å²) in [4.78, 5) is 18.3. The number of carbonyl (C=O) groups excluding carboxylic acids is 1. The number of aromatic amines is 1. The molecule has 2 aliphatic rings. The predicted octanol–water partition coefficient (Wildman–Crippen LogP) is 2.80. The first-order chi connectivity index (χ1) is 10.7. The van der Waals surface area contributed by atoms with Crippen molar-refractivity contribution >= 4 is 11.7 Å². The Balaban J connectivity index is 1.71. The lowest BCUT2D eigenvalue weighted by Gasteiger charge is -2.27. The molecule has 0 bridgehead atoms. The van der Waals surface area contributed by atoms with E-state index in [1.807, 2.05) is 18.3 Å². The van der Waals surface area contributed by atoms with Crippen LogP contribution in [0.3, 0.4) is 0 Å². The quantitative estimate of drug-likeness (QED) is 0.933. The van der Waals surface area contributed by atoms with Crippen molar-refractivity contribution < 1.29 is 9.78 Å². The van der Waals surface area contributed by atoms with Gasteiger partial charge in [0.05, 0.1) is 19.3 Å². The van der Waals surface area contributed by atoms with E-state index in [-0.39, 0.29) is 5.91 Å². The number of carbonyl (C=O) groups is 1. The Hall–Kier alpha value is -1.58. The number of pyridine rings is 1. The zero-order valence-corrected chi connectivity index (χ0v) is 13.6. The Labute approximate surface area is 133 Å². The summed E-state index contributed by atoms with van der Waals surface area (Å²) in [6.07, 6.45) is 10.4. The van der Waals surface area contributed by atoms with Crippen LogP contribution in [-0.2, 0) is 0 Å². The van der Waals surface area contributed by atoms with Crippen LogP contribution in [0.2, 0.25) is 0 Å². The molecule has 120 valence electrons. The minimum Gasteiger partial charge on any atom is -0.349 e. The number of rotatable bonds is 3. The fourth-order valence-corrected chi connectivity index (χ4v) is 3.62. The summed E-state index contributed by atoms with van der Waals surface area (Å²) in [5.74, 6) is 1.86. The lowest BCUT2D eigenvalue weighted by atomic mass is 9.95. The molecule has 0 aromatic carbocycles. The minimum absolute atomic E-state index is 0.0809. The third-order valence-electron chi connectivity index (χ3n) is 5.12. The van der Waals surface area contributed by atoms with Crippen molar-refractivity contribution in [2.24, 2.45) is 5.92 Å². The van der Waals surface area contributed by atoms with Crippen LogP contribution in [0.1, 0.15) is 62.2 Å². The number of nitrogens with one attached hydrogen (secondary N) is 2. The van der Waals surface area contributed by atoms with Gasteiger partial charge in [0.25, 0.3) is 11.7 Å². The predicted molar refractivity (Wildman–Crippen MR) is 87.9 cm³/mol. The van der Waals surface area contributed by atoms with Crippen LogP contribution in [0, 0.1) is 5.92 Å². The van der Waals surface area contributed by atoms with Crippen LogP contribution in [0.4, 0.5) is 5.82 Å². The maximum absolute atomic E-state index is 12.7. The largest absolute Gasteiger partial charge is 0.349 e. The van der Waals surface area contributed by atoms with Gasteiger partial charge in [0, 0.05) is 6.04 Å². The molecule has 1 aromatic rings. The van der Waals surface area contributed by atoms with E-state index in [0.717, 1.165) is 43.2 Å². The Kier molecular flexibility index (Phi) is 4.96. The van der Waals surface area contributed by atoms with E-state index in [1.54, 1.807) is 0 Å². The third-order valence-corrected chi connectivity index (χ3v) is 5.12. The molecule has 3 rings (SSSR count). The molecular weight excluding hydrogens is 274 g/mol. The minimum atomic E-state index is 0.0809. The molecule has 2 heterocycles. The highest BCUT2D eigenvalue weighted by Gasteiger charge is 2.28. The first-order valence-electron chi connectivity index (χ1n) is 8.80. The van der Waals surface area contributed by atoms with Gasteiger partial charge < -0.3 is 5.32 Å². The second-order valence-electron chi connectivity index (χ2n) is 6.91. The summed E-state index contributed by atoms with van der Waals surface area (Å²) < 4.78 is 0. The number of hydrogen-bond acceptors (Lipinski definition) is 2. The number of piperidine rings is 1. The average Bonchev–Trinajstić information content (AvgIpc) is 2.56. The number of aromatic nitrogens is 1. The monoisotopic (exact) mass is 302 g/mol. The summed E-state index contributed by atoms with van der Waals surface area (Å²) in [6.45, 7) is 4.37. The van der Waals surface area contributed by atoms with E-state index in [4.69, 9.17) is 0 Å². The summed E-state index contributed by atoms with van der Waals surface area (Å²) in [5, 5.41) is 3.24. The van der Waals surface area contributed by atoms with Crippen molar-refractivity contribution in [1.82, 2.24) is 5.32 Å². The Morgan fingerprint density at radius 3 is 2.64 bits per heavy atom. The molecule has 1 saturated heterocycles. The third kappa shape index (κ3) is 3.60. The Morgan fingerprint density at radius 1 is 1.18 bits per heavy atom. The van der Waals surface area contributed by atoms with Crippen LogP contribution in [0.25, 0.3) is 0 Å². The molecule has 2 N–H and O–H groups in total. The fraction of sp³-hybridized carbons (Fsp3) is 0.667. The molecule has 1 aliphatic heterocycles. The maximum Gasteiger partial charge on any atom is 0.287 e. The zero-order valence-electron chi connectivity index (χ0n) is 13.6. The molecule has 1 amide bonds. The van der Waals surface area contributed by atoms with Gasteiger partial charge >= 0.3 is 0 Å². The summed E-state index contributed by atoms with van der Waals surface area (Å²) in [6, 6.07) is 4.23. The van der Waals surface area contributed by atoms with Crippen LogP contribution in [0.15, 0.2) is 18.3 Å². The number of hydrogen-bond donors (Lipinski definition) is 1. The number of nitrogens with zero attached hydrogens (tertiary/aromatic N) is 1. The van der Waals surface area contributed by atoms with Crippen LogP contribution >= 0.6 is 0 Å². The van der Waals surface area contributed by atoms with Gasteiger partial charge in [0.2, 0.25) is 0 Å². The van der Waals surface area contributed by atoms with Gasteiger partial charge in [-0.15, -0.1) is 0 Å². The first-order valence-corrected chi connectivity index (χ1v) is 8.80. The van der Waals surface area contributed by atoms with Gasteiger partial charge in [-0.1, -0.05) is 26.2 Å². The SMILES string of the molecule is CC1CCN(c2[nH+]cccc2C(=O)NC2CCCCC2)CC1. The first kappa shape index (κ1) is 15.3. The van der Waals surface area contributed by atoms with Crippen molar-refractivity contribution in [1.29, 1.82) is 0 Å².